The van der Waals surface area contributed by atoms with Gasteiger partial charge in [-0.3, -0.25) is 10.5 Å². The number of hydrogen-bond donors (Lipinski definition) is 5. The van der Waals surface area contributed by atoms with Gasteiger partial charge in [-0.2, -0.15) is 0 Å². The van der Waals surface area contributed by atoms with E-state index in [1.807, 2.05) is 6.92 Å². The van der Waals surface area contributed by atoms with Gasteiger partial charge in [0.2, 0.25) is 0 Å². The van der Waals surface area contributed by atoms with Crippen molar-refractivity contribution in [2.75, 3.05) is 13.2 Å². The third kappa shape index (κ3) is 6.50. The van der Waals surface area contributed by atoms with Gasteiger partial charge < -0.3 is 34.8 Å². The minimum atomic E-state index is -1.01. The maximum Gasteiger partial charge on any atom is 0.333 e. The topological polar surface area (TPSA) is 165 Å². The summed E-state index contributed by atoms with van der Waals surface area (Å²) in [7, 11) is 0. The highest BCUT2D eigenvalue weighted by atomic mass is 16.6. The number of aliphatic hydroxyl groups excluding tert-OH is 3. The highest BCUT2D eigenvalue weighted by molar-refractivity contribution is 5.87. The lowest BCUT2D eigenvalue weighted by molar-refractivity contribution is -0.703. The fraction of sp³-hybridized carbons (Fsp3) is 0.875. The Morgan fingerprint density at radius 3 is 2.64 bits per heavy atom. The molecule has 238 valence electrons. The van der Waals surface area contributed by atoms with Gasteiger partial charge >= 0.3 is 5.97 Å². The number of Topliss-reactive ketones (excluding diaryl/α,β-unsaturated/α-hetero) is 1. The number of hydrogen-bond acceptors (Lipinski definition) is 9. The molecule has 13 atom stereocenters. The number of esters is 1. The van der Waals surface area contributed by atoms with Crippen LogP contribution in [0.1, 0.15) is 85.0 Å². The first-order valence-electron chi connectivity index (χ1n) is 16.3. The molecular weight excluding hydrogens is 540 g/mol. The Labute approximate surface area is 249 Å². The molecule has 42 heavy (non-hydrogen) atoms. The molecule has 0 aromatic heterocycles. The maximum absolute atomic E-state index is 13.4. The molecule has 5 fully saturated rings. The van der Waals surface area contributed by atoms with Crippen molar-refractivity contribution in [3.8, 4) is 0 Å². The van der Waals surface area contributed by atoms with Crippen LogP contribution in [-0.4, -0.2) is 88.6 Å². The second-order valence-electron chi connectivity index (χ2n) is 14.0. The van der Waals surface area contributed by atoms with E-state index in [9.17, 15) is 24.9 Å². The van der Waals surface area contributed by atoms with Crippen LogP contribution in [0.25, 0.3) is 0 Å². The summed E-state index contributed by atoms with van der Waals surface area (Å²) in [5.41, 5.74) is 5.82. The van der Waals surface area contributed by atoms with Gasteiger partial charge in [-0.15, -0.1) is 0 Å². The highest BCUT2D eigenvalue weighted by Crippen LogP contribution is 2.53. The summed E-state index contributed by atoms with van der Waals surface area (Å²) < 4.78 is 19.7. The molecule has 3 aliphatic heterocycles. The molecule has 0 radical (unpaired) electrons. The molecule has 11 unspecified atom stereocenters. The quantitative estimate of drug-likeness (QED) is 0.213. The number of quaternary nitrogens is 1. The highest BCUT2D eigenvalue weighted by Gasteiger charge is 2.62. The van der Waals surface area contributed by atoms with E-state index in [2.05, 4.69) is 5.32 Å². The average Bonchev–Trinajstić information content (AvgIpc) is 2.97. The summed E-state index contributed by atoms with van der Waals surface area (Å²) in [6, 6.07) is 0. The number of piperidine rings is 1. The van der Waals surface area contributed by atoms with Gasteiger partial charge in [0.05, 0.1) is 49.6 Å². The van der Waals surface area contributed by atoms with E-state index in [1.165, 1.54) is 0 Å². The Morgan fingerprint density at radius 1 is 1.19 bits per heavy atom. The number of fused-ring (bicyclic) bond motifs is 2. The van der Waals surface area contributed by atoms with Gasteiger partial charge in [-0.05, 0) is 71.6 Å². The van der Waals surface area contributed by atoms with Gasteiger partial charge in [0.15, 0.2) is 0 Å². The summed E-state index contributed by atoms with van der Waals surface area (Å²) >= 11 is 0. The molecule has 0 amide bonds. The third-order valence-corrected chi connectivity index (χ3v) is 11.2. The zero-order valence-corrected chi connectivity index (χ0v) is 25.5. The Morgan fingerprint density at radius 2 is 1.98 bits per heavy atom. The zero-order valence-electron chi connectivity index (χ0n) is 25.5. The first kappa shape index (κ1) is 32.0. The fourth-order valence-electron chi connectivity index (χ4n) is 8.58. The lowest BCUT2D eigenvalue weighted by Gasteiger charge is -2.59. The summed E-state index contributed by atoms with van der Waals surface area (Å²) in [6.07, 6.45) is 5.32. The van der Waals surface area contributed by atoms with Crippen molar-refractivity contribution in [2.45, 2.75) is 133 Å². The van der Waals surface area contributed by atoms with Crippen LogP contribution in [0, 0.1) is 29.6 Å². The van der Waals surface area contributed by atoms with E-state index in [0.717, 1.165) is 45.1 Å². The molecule has 0 aromatic rings. The Balaban J connectivity index is 1.47. The van der Waals surface area contributed by atoms with Crippen LogP contribution >= 0.6 is 0 Å². The molecule has 10 nitrogen and oxygen atoms in total. The van der Waals surface area contributed by atoms with Crippen LogP contribution in [0.4, 0.5) is 0 Å². The van der Waals surface area contributed by atoms with Crippen LogP contribution in [0.5, 0.6) is 0 Å². The summed E-state index contributed by atoms with van der Waals surface area (Å²) in [5.74, 6) is -1.36. The number of allylic oxidation sites excluding steroid dienone is 1. The average molecular weight is 594 g/mol. The molecule has 5 aliphatic rings. The molecule has 7 N–H and O–H groups in total. The van der Waals surface area contributed by atoms with Crippen LogP contribution in [0.2, 0.25) is 0 Å². The number of ether oxygens (including phenoxy) is 3. The van der Waals surface area contributed by atoms with Crippen molar-refractivity contribution in [1.29, 1.82) is 0 Å². The van der Waals surface area contributed by atoms with Crippen LogP contribution in [-0.2, 0) is 23.8 Å². The van der Waals surface area contributed by atoms with Crippen molar-refractivity contribution in [3.63, 3.8) is 0 Å². The van der Waals surface area contributed by atoms with Crippen molar-refractivity contribution in [2.24, 2.45) is 35.3 Å². The third-order valence-electron chi connectivity index (χ3n) is 11.2. The number of carbonyl (C=O) groups is 2. The van der Waals surface area contributed by atoms with Gasteiger partial charge in [-0.1, -0.05) is 12.5 Å². The Hall–Kier alpha value is -1.40. The van der Waals surface area contributed by atoms with Gasteiger partial charge in [0.1, 0.15) is 23.7 Å². The number of ketones is 1. The molecule has 5 rings (SSSR count). The number of nitrogens with two attached hydrogens (primary N) is 2. The van der Waals surface area contributed by atoms with Gasteiger partial charge in [0.25, 0.3) is 0 Å². The number of carbonyl (C=O) groups excluding carboxylic acids is 2. The second kappa shape index (κ2) is 13.3. The fourth-order valence-corrected chi connectivity index (χ4v) is 8.58. The van der Waals surface area contributed by atoms with Crippen LogP contribution in [0.15, 0.2) is 11.6 Å². The molecule has 0 spiro atoms. The molecule has 3 heterocycles. The number of rotatable bonds is 7. The predicted molar refractivity (Wildman–Crippen MR) is 154 cm³/mol. The monoisotopic (exact) mass is 593 g/mol. The first-order valence-corrected chi connectivity index (χ1v) is 16.3. The minimum Gasteiger partial charge on any atom is -0.456 e. The largest absolute Gasteiger partial charge is 0.456 e. The van der Waals surface area contributed by atoms with E-state index in [0.29, 0.717) is 30.8 Å². The summed E-state index contributed by atoms with van der Waals surface area (Å²) in [6.45, 7) is 6.25. The zero-order chi connectivity index (χ0) is 30.2. The van der Waals surface area contributed by atoms with E-state index in [-0.39, 0.29) is 36.8 Å². The van der Waals surface area contributed by atoms with Crippen molar-refractivity contribution >= 4 is 11.8 Å². The van der Waals surface area contributed by atoms with Crippen LogP contribution in [0.3, 0.4) is 0 Å². The smallest absolute Gasteiger partial charge is 0.333 e. The second-order valence-corrected chi connectivity index (χ2v) is 14.0. The summed E-state index contributed by atoms with van der Waals surface area (Å²) in [4.78, 5) is 26.5. The van der Waals surface area contributed by atoms with Crippen molar-refractivity contribution in [3.05, 3.63) is 11.6 Å². The van der Waals surface area contributed by atoms with Crippen LogP contribution < -0.4 is 11.1 Å². The van der Waals surface area contributed by atoms with E-state index < -0.39 is 60.0 Å². The van der Waals surface area contributed by atoms with Crippen molar-refractivity contribution < 1.29 is 44.4 Å². The molecule has 2 saturated carbocycles. The molecule has 10 heteroatoms. The Kier molecular flexibility index (Phi) is 10.1. The molecular formula is C32H53N2O8+. The normalized spacial score (nSPS) is 46.5. The SMILES string of the molecule is CC=C(C)C(=O)O[C@H]1CC2C(O)C3C(=O)CC(CO)OC3C(C3CCCC(O)C3)C2O[C@@]1(C)CCC1CCC(N)[NH2+]C1. The lowest BCUT2D eigenvalue weighted by Crippen LogP contribution is -2.95. The molecule has 0 aromatic carbocycles. The predicted octanol–water partition coefficient (Wildman–Crippen LogP) is 0.944. The molecule has 3 saturated heterocycles. The molecule has 2 aliphatic carbocycles. The standard InChI is InChI=1S/C32H52N2O8/c1-4-17(2)31(39)41-24-14-22-28(38)27-23(37)13-21(16-35)40-30(27)26(19-6-5-7-20(36)12-19)29(22)42-32(24,3)11-10-18-8-9-25(33)34-15-18/h4,18-22,24-30,34-36,38H,5-16,33H2,1-3H3/p+1/t18?,19?,20?,21?,22?,24-,25?,26?,27?,28?,29?,30?,32-/m0/s1. The first-order chi connectivity index (χ1) is 20.0. The van der Waals surface area contributed by atoms with E-state index >= 15 is 0 Å². The van der Waals surface area contributed by atoms with E-state index in [4.69, 9.17) is 19.9 Å². The minimum absolute atomic E-state index is 0.0505. The van der Waals surface area contributed by atoms with Crippen molar-refractivity contribution in [1.82, 2.24) is 0 Å². The molecule has 0 bridgehead atoms. The van der Waals surface area contributed by atoms with Gasteiger partial charge in [-0.25, -0.2) is 4.79 Å². The summed E-state index contributed by atoms with van der Waals surface area (Å²) in [5, 5.41) is 34.6. The van der Waals surface area contributed by atoms with E-state index in [1.54, 1.807) is 19.9 Å². The Bertz CT molecular complexity index is 999. The lowest BCUT2D eigenvalue weighted by atomic mass is 9.58. The maximum atomic E-state index is 13.4. The van der Waals surface area contributed by atoms with Gasteiger partial charge in [0, 0.05) is 36.2 Å². The number of aliphatic hydroxyl groups is 3.